The summed E-state index contributed by atoms with van der Waals surface area (Å²) in [5, 5.41) is 0.977. The molecule has 12 heavy (non-hydrogen) atoms. The van der Waals surface area contributed by atoms with E-state index in [9.17, 15) is 0 Å². The number of nitrogens with zero attached hydrogens (tertiary/aromatic N) is 1. The van der Waals surface area contributed by atoms with Crippen LogP contribution in [-0.2, 0) is 5.88 Å². The zero-order valence-corrected chi connectivity index (χ0v) is 9.21. The number of halogens is 2. The van der Waals surface area contributed by atoms with Crippen LogP contribution in [0.15, 0.2) is 22.7 Å². The van der Waals surface area contributed by atoms with Crippen molar-refractivity contribution in [3.05, 3.63) is 27.7 Å². The van der Waals surface area contributed by atoms with Gasteiger partial charge in [-0.3, -0.25) is 0 Å². The Kier molecular flexibility index (Phi) is 2.35. The van der Waals surface area contributed by atoms with E-state index in [2.05, 4.69) is 27.0 Å². The van der Waals surface area contributed by atoms with E-state index in [0.717, 1.165) is 15.0 Å². The van der Waals surface area contributed by atoms with Crippen LogP contribution in [0.5, 0.6) is 0 Å². The topological polar surface area (TPSA) is 12.9 Å². The van der Waals surface area contributed by atoms with Gasteiger partial charge >= 0.3 is 0 Å². The second kappa shape index (κ2) is 3.32. The maximum atomic E-state index is 5.67. The minimum atomic E-state index is 0.497. The number of alkyl halides is 1. The normalized spacial score (nSPS) is 10.8. The number of fused-ring (bicyclic) bond motifs is 1. The number of rotatable bonds is 1. The number of benzene rings is 1. The van der Waals surface area contributed by atoms with Gasteiger partial charge in [0.1, 0.15) is 5.01 Å². The molecule has 0 aliphatic rings. The summed E-state index contributed by atoms with van der Waals surface area (Å²) in [7, 11) is 0. The summed E-state index contributed by atoms with van der Waals surface area (Å²) in [6, 6.07) is 6.04. The van der Waals surface area contributed by atoms with Gasteiger partial charge in [0, 0.05) is 4.47 Å². The Morgan fingerprint density at radius 1 is 1.50 bits per heavy atom. The van der Waals surface area contributed by atoms with Crippen LogP contribution >= 0.6 is 38.9 Å². The summed E-state index contributed by atoms with van der Waals surface area (Å²) in [4.78, 5) is 4.34. The maximum absolute atomic E-state index is 5.67. The molecular formula is C8H5BrClNS. The van der Waals surface area contributed by atoms with Gasteiger partial charge in [-0.05, 0) is 18.2 Å². The number of aromatic nitrogens is 1. The highest BCUT2D eigenvalue weighted by molar-refractivity contribution is 9.10. The molecule has 0 N–H and O–H groups in total. The standard InChI is InChI=1S/C8H5BrClNS/c9-5-1-2-6-7(3-5)12-8(4-10)11-6/h1-3H,4H2. The van der Waals surface area contributed by atoms with E-state index in [1.165, 1.54) is 4.70 Å². The lowest BCUT2D eigenvalue weighted by atomic mass is 10.3. The first-order valence-electron chi connectivity index (χ1n) is 3.40. The van der Waals surface area contributed by atoms with Gasteiger partial charge in [-0.2, -0.15) is 0 Å². The molecule has 0 saturated carbocycles. The van der Waals surface area contributed by atoms with E-state index in [1.807, 2.05) is 12.1 Å². The van der Waals surface area contributed by atoms with Gasteiger partial charge in [-0.25, -0.2) is 4.98 Å². The summed E-state index contributed by atoms with van der Waals surface area (Å²) >= 11 is 10.7. The minimum absolute atomic E-state index is 0.497. The van der Waals surface area contributed by atoms with Crippen molar-refractivity contribution in [2.24, 2.45) is 0 Å². The van der Waals surface area contributed by atoms with E-state index >= 15 is 0 Å². The number of thiazole rings is 1. The zero-order valence-electron chi connectivity index (χ0n) is 6.05. The highest BCUT2D eigenvalue weighted by Gasteiger charge is 2.01. The van der Waals surface area contributed by atoms with E-state index in [0.29, 0.717) is 5.88 Å². The molecule has 0 radical (unpaired) electrons. The zero-order chi connectivity index (χ0) is 8.55. The molecule has 0 bridgehead atoms. The molecule has 0 amide bonds. The summed E-state index contributed by atoms with van der Waals surface area (Å²) in [5.41, 5.74) is 1.03. The van der Waals surface area contributed by atoms with Gasteiger partial charge in [-0.15, -0.1) is 22.9 Å². The van der Waals surface area contributed by atoms with E-state index < -0.39 is 0 Å². The molecule has 4 heteroatoms. The van der Waals surface area contributed by atoms with Crippen LogP contribution in [0.4, 0.5) is 0 Å². The third-order valence-corrected chi connectivity index (χ3v) is 3.43. The molecule has 0 saturated heterocycles. The first-order valence-corrected chi connectivity index (χ1v) is 5.55. The van der Waals surface area contributed by atoms with Crippen molar-refractivity contribution in [1.82, 2.24) is 4.98 Å². The van der Waals surface area contributed by atoms with Crippen molar-refractivity contribution in [2.45, 2.75) is 5.88 Å². The Bertz CT molecular complexity index is 412. The predicted molar refractivity (Wildman–Crippen MR) is 56.9 cm³/mol. The van der Waals surface area contributed by atoms with Gasteiger partial charge in [0.05, 0.1) is 16.1 Å². The van der Waals surface area contributed by atoms with Gasteiger partial charge in [-0.1, -0.05) is 15.9 Å². The Labute approximate surface area is 87.5 Å². The van der Waals surface area contributed by atoms with Crippen molar-refractivity contribution >= 4 is 49.1 Å². The van der Waals surface area contributed by atoms with Crippen LogP contribution in [0, 0.1) is 0 Å². The molecule has 1 aromatic heterocycles. The van der Waals surface area contributed by atoms with Crippen molar-refractivity contribution in [3.63, 3.8) is 0 Å². The quantitative estimate of drug-likeness (QED) is 0.713. The molecule has 0 atom stereocenters. The molecule has 62 valence electrons. The second-order valence-corrected chi connectivity index (χ2v) is 4.65. The van der Waals surface area contributed by atoms with Gasteiger partial charge in [0.15, 0.2) is 0 Å². The Morgan fingerprint density at radius 3 is 3.08 bits per heavy atom. The van der Waals surface area contributed by atoms with Crippen molar-refractivity contribution < 1.29 is 0 Å². The fraction of sp³-hybridized carbons (Fsp3) is 0.125. The Balaban J connectivity index is 2.67. The smallest absolute Gasteiger partial charge is 0.109 e. The van der Waals surface area contributed by atoms with Gasteiger partial charge in [0.25, 0.3) is 0 Å². The average Bonchev–Trinajstić information content (AvgIpc) is 2.46. The van der Waals surface area contributed by atoms with Crippen LogP contribution in [0.3, 0.4) is 0 Å². The third kappa shape index (κ3) is 1.49. The number of hydrogen-bond donors (Lipinski definition) is 0. The monoisotopic (exact) mass is 261 g/mol. The third-order valence-electron chi connectivity index (χ3n) is 1.51. The average molecular weight is 263 g/mol. The van der Waals surface area contributed by atoms with Crippen molar-refractivity contribution in [1.29, 1.82) is 0 Å². The summed E-state index contributed by atoms with van der Waals surface area (Å²) in [5.74, 6) is 0.497. The highest BCUT2D eigenvalue weighted by Crippen LogP contribution is 2.25. The SMILES string of the molecule is ClCc1nc2ccc(Br)cc2s1. The van der Waals surface area contributed by atoms with Crippen molar-refractivity contribution in [2.75, 3.05) is 0 Å². The molecule has 2 rings (SSSR count). The van der Waals surface area contributed by atoms with Crippen LogP contribution in [0.1, 0.15) is 5.01 Å². The van der Waals surface area contributed by atoms with E-state index in [-0.39, 0.29) is 0 Å². The fourth-order valence-electron chi connectivity index (χ4n) is 1.00. The maximum Gasteiger partial charge on any atom is 0.109 e. The molecule has 0 spiro atoms. The largest absolute Gasteiger partial charge is 0.240 e. The molecule has 1 heterocycles. The van der Waals surface area contributed by atoms with Crippen molar-refractivity contribution in [3.8, 4) is 0 Å². The summed E-state index contributed by atoms with van der Waals surface area (Å²) < 4.78 is 2.26. The highest BCUT2D eigenvalue weighted by atomic mass is 79.9. The molecule has 0 aliphatic carbocycles. The van der Waals surface area contributed by atoms with Crippen LogP contribution in [0.2, 0.25) is 0 Å². The lowest BCUT2D eigenvalue weighted by Gasteiger charge is -1.86. The lowest BCUT2D eigenvalue weighted by molar-refractivity contribution is 1.30. The molecule has 0 fully saturated rings. The predicted octanol–water partition coefficient (Wildman–Crippen LogP) is 3.80. The van der Waals surface area contributed by atoms with Crippen LogP contribution < -0.4 is 0 Å². The fourth-order valence-corrected chi connectivity index (χ4v) is 2.60. The first-order chi connectivity index (χ1) is 5.79. The molecule has 0 aliphatic heterocycles. The minimum Gasteiger partial charge on any atom is -0.240 e. The molecule has 2 aromatic rings. The molecule has 1 aromatic carbocycles. The Morgan fingerprint density at radius 2 is 2.33 bits per heavy atom. The molecular weight excluding hydrogens is 258 g/mol. The van der Waals surface area contributed by atoms with E-state index in [1.54, 1.807) is 11.3 Å². The summed E-state index contributed by atoms with van der Waals surface area (Å²) in [6.45, 7) is 0. The first kappa shape index (κ1) is 8.48. The van der Waals surface area contributed by atoms with Gasteiger partial charge < -0.3 is 0 Å². The second-order valence-electron chi connectivity index (χ2n) is 2.35. The summed E-state index contributed by atoms with van der Waals surface area (Å²) in [6.07, 6.45) is 0. The molecule has 1 nitrogen and oxygen atoms in total. The van der Waals surface area contributed by atoms with Crippen LogP contribution in [0.25, 0.3) is 10.2 Å². The van der Waals surface area contributed by atoms with E-state index in [4.69, 9.17) is 11.6 Å². The van der Waals surface area contributed by atoms with Crippen LogP contribution in [-0.4, -0.2) is 4.98 Å². The number of hydrogen-bond acceptors (Lipinski definition) is 2. The Hall–Kier alpha value is -0.120. The lowest BCUT2D eigenvalue weighted by Crippen LogP contribution is -1.71. The van der Waals surface area contributed by atoms with Gasteiger partial charge in [0.2, 0.25) is 0 Å². The molecule has 0 unspecified atom stereocenters.